The third-order valence-corrected chi connectivity index (χ3v) is 4.30. The second-order valence-corrected chi connectivity index (χ2v) is 5.87. The van der Waals surface area contributed by atoms with Gasteiger partial charge in [0.1, 0.15) is 5.38 Å². The molecule has 0 aromatic carbocycles. The van der Waals surface area contributed by atoms with Crippen LogP contribution in [0, 0.1) is 5.41 Å². The van der Waals surface area contributed by atoms with Crippen LogP contribution in [-0.4, -0.2) is 38.5 Å². The number of anilines is 1. The normalized spacial score (nSPS) is 19.8. The molecule has 2 N–H and O–H groups in total. The van der Waals surface area contributed by atoms with Gasteiger partial charge in [-0.2, -0.15) is 0 Å². The number of alkyl halides is 1. The van der Waals surface area contributed by atoms with Gasteiger partial charge in [-0.3, -0.25) is 14.3 Å². The summed E-state index contributed by atoms with van der Waals surface area (Å²) in [6, 6.07) is 0. The second-order valence-electron chi connectivity index (χ2n) is 5.43. The number of Topliss-reactive ketones (excluding diaryl/α,β-unsaturated/α-hetero) is 1. The molecule has 130 valence electrons. The van der Waals surface area contributed by atoms with Crippen molar-refractivity contribution in [3.63, 3.8) is 0 Å². The van der Waals surface area contributed by atoms with Crippen LogP contribution in [0.15, 0.2) is 21.4 Å². The molecule has 1 atom stereocenters. The summed E-state index contributed by atoms with van der Waals surface area (Å²) in [6.07, 6.45) is 1.51. The summed E-state index contributed by atoms with van der Waals surface area (Å²) in [6.45, 7) is 9.16. The van der Waals surface area contributed by atoms with Gasteiger partial charge < -0.3 is 10.7 Å². The highest BCUT2D eigenvalue weighted by molar-refractivity contribution is 6.63. The average Bonchev–Trinajstić information content (AvgIpc) is 2.82. The van der Waals surface area contributed by atoms with E-state index < -0.39 is 5.38 Å². The Bertz CT molecular complexity index is 800. The maximum Gasteiger partial charge on any atom is 0.294 e. The summed E-state index contributed by atoms with van der Waals surface area (Å²) in [4.78, 5) is 28.9. The summed E-state index contributed by atoms with van der Waals surface area (Å²) < 4.78 is 3.43. The molecule has 0 amide bonds. The van der Waals surface area contributed by atoms with E-state index in [9.17, 15) is 9.59 Å². The number of carbonyl (C=O) groups excluding carboxylic acids is 1. The zero-order valence-electron chi connectivity index (χ0n) is 14.3. The van der Waals surface area contributed by atoms with Gasteiger partial charge in [-0.05, 0) is 39.3 Å². The lowest BCUT2D eigenvalue weighted by molar-refractivity contribution is -0.114. The van der Waals surface area contributed by atoms with Crippen molar-refractivity contribution in [2.45, 2.75) is 46.2 Å². The maximum absolute atomic E-state index is 12.7. The number of rotatable bonds is 5. The minimum atomic E-state index is -1.06. The average molecular weight is 352 g/mol. The number of halogens is 1. The van der Waals surface area contributed by atoms with Crippen molar-refractivity contribution in [1.29, 1.82) is 5.41 Å². The van der Waals surface area contributed by atoms with Crippen LogP contribution in [-0.2, 0) is 17.9 Å². The molecule has 0 saturated carbocycles. The monoisotopic (exact) mass is 351 g/mol. The van der Waals surface area contributed by atoms with Crippen LogP contribution >= 0.6 is 11.6 Å². The van der Waals surface area contributed by atoms with Crippen LogP contribution in [0.4, 0.5) is 11.5 Å². The molecule has 1 aromatic rings. The summed E-state index contributed by atoms with van der Waals surface area (Å²) >= 11 is 6.01. The third kappa shape index (κ3) is 2.96. The molecule has 1 aromatic heterocycles. The molecule has 0 saturated heterocycles. The van der Waals surface area contributed by atoms with Gasteiger partial charge in [0.25, 0.3) is 5.56 Å². The molecule has 0 bridgehead atoms. The van der Waals surface area contributed by atoms with Gasteiger partial charge in [0, 0.05) is 19.6 Å². The van der Waals surface area contributed by atoms with Crippen molar-refractivity contribution < 1.29 is 4.79 Å². The fraction of sp³-hybridized carbons (Fsp3) is 0.500. The molecule has 1 heterocycles. The van der Waals surface area contributed by atoms with E-state index in [1.165, 1.54) is 6.08 Å². The molecule has 0 aliphatic heterocycles. The minimum Gasteiger partial charge on any atom is -0.369 e. The fourth-order valence-electron chi connectivity index (χ4n) is 2.69. The van der Waals surface area contributed by atoms with E-state index >= 15 is 0 Å². The lowest BCUT2D eigenvalue weighted by atomic mass is 9.95. The summed E-state index contributed by atoms with van der Waals surface area (Å²) in [5.41, 5.74) is 0.606. The largest absolute Gasteiger partial charge is 0.369 e. The Morgan fingerprint density at radius 1 is 1.25 bits per heavy atom. The van der Waals surface area contributed by atoms with Gasteiger partial charge in [0.15, 0.2) is 17.3 Å². The molecule has 0 spiro atoms. The van der Waals surface area contributed by atoms with Crippen LogP contribution in [0.25, 0.3) is 0 Å². The van der Waals surface area contributed by atoms with Gasteiger partial charge in [0.05, 0.1) is 11.4 Å². The van der Waals surface area contributed by atoms with Crippen LogP contribution in [0.1, 0.15) is 27.7 Å². The van der Waals surface area contributed by atoms with Crippen LogP contribution in [0.2, 0.25) is 0 Å². The predicted molar refractivity (Wildman–Crippen MR) is 97.4 cm³/mol. The lowest BCUT2D eigenvalue weighted by Crippen LogP contribution is -2.35. The van der Waals surface area contributed by atoms with E-state index in [2.05, 4.69) is 10.3 Å². The van der Waals surface area contributed by atoms with Crippen molar-refractivity contribution in [2.75, 3.05) is 11.9 Å². The Morgan fingerprint density at radius 2 is 1.88 bits per heavy atom. The predicted octanol–water partition coefficient (Wildman–Crippen LogP) is 2.35. The Balaban J connectivity index is 2.69. The zero-order chi connectivity index (χ0) is 18.0. The van der Waals surface area contributed by atoms with Gasteiger partial charge in [-0.25, -0.2) is 9.67 Å². The fourth-order valence-corrected chi connectivity index (χ4v) is 2.97. The van der Waals surface area contributed by atoms with Crippen molar-refractivity contribution in [3.8, 4) is 0 Å². The highest BCUT2D eigenvalue weighted by Gasteiger charge is 2.30. The zero-order valence-corrected chi connectivity index (χ0v) is 15.1. The molecule has 2 rings (SSSR count). The molecule has 8 heteroatoms. The second kappa shape index (κ2) is 7.17. The van der Waals surface area contributed by atoms with Crippen LogP contribution in [0.3, 0.4) is 0 Å². The molecule has 1 unspecified atom stereocenters. The van der Waals surface area contributed by atoms with Crippen molar-refractivity contribution in [1.82, 2.24) is 9.36 Å². The van der Waals surface area contributed by atoms with E-state index in [4.69, 9.17) is 17.0 Å². The van der Waals surface area contributed by atoms with Crippen LogP contribution < -0.4 is 10.9 Å². The molecule has 1 aliphatic carbocycles. The molecule has 7 nitrogen and oxygen atoms in total. The Hall–Kier alpha value is -2.15. The number of allylic oxidation sites excluding steroid dienone is 2. The van der Waals surface area contributed by atoms with Gasteiger partial charge in [0.2, 0.25) is 0 Å². The van der Waals surface area contributed by atoms with E-state index in [1.54, 1.807) is 11.6 Å². The standard InChI is InChI=1S/C16H22ClN5O2/c1-5-19-15-13(16(24)22(7-3)21(15)6-2)20-10-8-9(4)14(23)11(17)12(10)18/h8,11,18-19H,5-7H2,1-4H3. The first-order valence-corrected chi connectivity index (χ1v) is 8.42. The number of nitrogens with zero attached hydrogens (tertiary/aromatic N) is 3. The van der Waals surface area contributed by atoms with Crippen LogP contribution in [0.5, 0.6) is 0 Å². The first-order chi connectivity index (χ1) is 11.4. The number of ketones is 1. The van der Waals surface area contributed by atoms with Gasteiger partial charge >= 0.3 is 0 Å². The molecular formula is C16H22ClN5O2. The molecule has 0 radical (unpaired) electrons. The number of nitrogens with one attached hydrogen (secondary N) is 2. The van der Waals surface area contributed by atoms with E-state index in [0.717, 1.165) is 0 Å². The first-order valence-electron chi connectivity index (χ1n) is 7.98. The first kappa shape index (κ1) is 18.2. The SMILES string of the molecule is CCNc1c(N=C2C=C(C)C(=O)C(Cl)C2=N)c(=O)n(CC)n1CC. The quantitative estimate of drug-likeness (QED) is 0.797. The smallest absolute Gasteiger partial charge is 0.294 e. The number of aromatic nitrogens is 2. The Kier molecular flexibility index (Phi) is 5.43. The summed E-state index contributed by atoms with van der Waals surface area (Å²) in [5.74, 6) is 0.311. The number of hydrogen-bond acceptors (Lipinski definition) is 5. The molecular weight excluding hydrogens is 330 g/mol. The highest BCUT2D eigenvalue weighted by Crippen LogP contribution is 2.24. The summed E-state index contributed by atoms with van der Waals surface area (Å²) in [7, 11) is 0. The van der Waals surface area contributed by atoms with Gasteiger partial charge in [-0.15, -0.1) is 11.6 Å². The molecule has 24 heavy (non-hydrogen) atoms. The van der Waals surface area contributed by atoms with Crippen molar-refractivity contribution >= 4 is 40.3 Å². The third-order valence-electron chi connectivity index (χ3n) is 3.89. The molecule has 1 aliphatic rings. The maximum atomic E-state index is 12.7. The Labute approximate surface area is 145 Å². The lowest BCUT2D eigenvalue weighted by Gasteiger charge is -2.16. The molecule has 0 fully saturated rings. The van der Waals surface area contributed by atoms with E-state index in [0.29, 0.717) is 31.0 Å². The minimum absolute atomic E-state index is 0.0820. The topological polar surface area (TPSA) is 92.2 Å². The number of aliphatic imine (C=N–C) groups is 1. The van der Waals surface area contributed by atoms with Gasteiger partial charge in [-0.1, -0.05) is 0 Å². The van der Waals surface area contributed by atoms with Crippen molar-refractivity contribution in [3.05, 3.63) is 22.0 Å². The van der Waals surface area contributed by atoms with Crippen molar-refractivity contribution in [2.24, 2.45) is 4.99 Å². The van der Waals surface area contributed by atoms with E-state index in [1.807, 2.05) is 25.5 Å². The number of carbonyl (C=O) groups is 1. The van der Waals surface area contributed by atoms with E-state index in [-0.39, 0.29) is 28.5 Å². The Morgan fingerprint density at radius 3 is 2.42 bits per heavy atom. The number of hydrogen-bond donors (Lipinski definition) is 2. The summed E-state index contributed by atoms with van der Waals surface area (Å²) in [5, 5.41) is 10.2. The highest BCUT2D eigenvalue weighted by atomic mass is 35.5.